The standard InChI is InChI=1S/C30H37ClFN3O4S/c31-23-10-8-22(9-11-23)29-7-4-14-34(15-16-35(29)40(38)39)30(37)27-20-33(18-21-5-2-1-3-6-21)19-26(27)25-13-12-24(36)17-28(25)32/h1-3,5-6,8,10,12-13,17,25-29,36,40H,4,7,9,11,14-16,18-20H2/t25?,26-,27?,28?,29?/m0/s1. The van der Waals surface area contributed by atoms with E-state index >= 15 is 4.39 Å². The number of carbonyl (C=O) groups excluding carboxylic acids is 1. The first kappa shape index (κ1) is 29.0. The van der Waals surface area contributed by atoms with Crippen molar-refractivity contribution < 1.29 is 22.7 Å². The summed E-state index contributed by atoms with van der Waals surface area (Å²) in [4.78, 5) is 18.1. The summed E-state index contributed by atoms with van der Waals surface area (Å²) in [5, 5.41) is 10.6. The summed E-state index contributed by atoms with van der Waals surface area (Å²) in [5.41, 5.74) is 2.19. The van der Waals surface area contributed by atoms with Gasteiger partial charge in [-0.05, 0) is 55.4 Å². The number of likely N-dealkylation sites (tertiary alicyclic amines) is 1. The molecule has 0 bridgehead atoms. The minimum atomic E-state index is -2.83. The molecule has 2 aliphatic carbocycles. The molecule has 1 aromatic rings. The summed E-state index contributed by atoms with van der Waals surface area (Å²) in [6.45, 7) is 2.78. The lowest BCUT2D eigenvalue weighted by atomic mass is 9.78. The number of nitrogens with zero attached hydrogens (tertiary/aromatic N) is 3. The van der Waals surface area contributed by atoms with Gasteiger partial charge >= 0.3 is 0 Å². The van der Waals surface area contributed by atoms with Crippen LogP contribution in [-0.4, -0.2) is 78.5 Å². The van der Waals surface area contributed by atoms with Crippen LogP contribution >= 0.6 is 11.6 Å². The van der Waals surface area contributed by atoms with Gasteiger partial charge in [-0.15, -0.1) is 0 Å². The molecule has 5 rings (SSSR count). The maximum absolute atomic E-state index is 15.2. The van der Waals surface area contributed by atoms with Crippen LogP contribution in [0.5, 0.6) is 0 Å². The molecule has 2 heterocycles. The van der Waals surface area contributed by atoms with Crippen LogP contribution in [0.15, 0.2) is 77.1 Å². The first-order valence-electron chi connectivity index (χ1n) is 14.0. The first-order valence-corrected chi connectivity index (χ1v) is 15.5. The quantitative estimate of drug-likeness (QED) is 0.482. The van der Waals surface area contributed by atoms with E-state index in [9.17, 15) is 18.3 Å². The number of hydrogen-bond acceptors (Lipinski definition) is 5. The Morgan fingerprint density at radius 2 is 1.88 bits per heavy atom. The highest BCUT2D eigenvalue weighted by atomic mass is 35.5. The van der Waals surface area contributed by atoms with Crippen molar-refractivity contribution in [2.45, 2.75) is 44.4 Å². The Labute approximate surface area is 242 Å². The summed E-state index contributed by atoms with van der Waals surface area (Å²) < 4.78 is 41.3. The van der Waals surface area contributed by atoms with Gasteiger partial charge < -0.3 is 10.0 Å². The third-order valence-corrected chi connectivity index (χ3v) is 9.85. The number of amides is 1. The van der Waals surface area contributed by atoms with E-state index in [1.807, 2.05) is 42.5 Å². The molecule has 0 spiro atoms. The number of halogens is 2. The molecular weight excluding hydrogens is 553 g/mol. The maximum atomic E-state index is 15.2. The van der Waals surface area contributed by atoms with E-state index in [1.165, 1.54) is 16.5 Å². The molecular formula is C30H37ClFN3O4S. The van der Waals surface area contributed by atoms with Crippen molar-refractivity contribution in [2.24, 2.45) is 17.8 Å². The summed E-state index contributed by atoms with van der Waals surface area (Å²) in [7, 11) is -2.83. The summed E-state index contributed by atoms with van der Waals surface area (Å²) >= 11 is 6.13. The fourth-order valence-corrected chi connectivity index (χ4v) is 7.51. The number of aliphatic hydroxyl groups excluding tert-OH is 1. The van der Waals surface area contributed by atoms with Gasteiger partial charge in [0, 0.05) is 56.3 Å². The maximum Gasteiger partial charge on any atom is 0.227 e. The predicted octanol–water partition coefficient (Wildman–Crippen LogP) is 4.36. The molecule has 40 heavy (non-hydrogen) atoms. The largest absolute Gasteiger partial charge is 0.508 e. The molecule has 1 amide bonds. The van der Waals surface area contributed by atoms with Crippen LogP contribution in [-0.2, 0) is 22.2 Å². The van der Waals surface area contributed by atoms with E-state index in [0.29, 0.717) is 52.0 Å². The molecule has 0 saturated carbocycles. The van der Waals surface area contributed by atoms with E-state index in [-0.39, 0.29) is 30.2 Å². The second-order valence-corrected chi connectivity index (χ2v) is 12.6. The van der Waals surface area contributed by atoms with Crippen molar-refractivity contribution >= 4 is 28.4 Å². The lowest BCUT2D eigenvalue weighted by Crippen LogP contribution is -2.49. The minimum absolute atomic E-state index is 0.0499. The number of allylic oxidation sites excluding steroid dienone is 6. The minimum Gasteiger partial charge on any atom is -0.508 e. The number of hydrogen-bond donors (Lipinski definition) is 2. The Bertz CT molecular complexity index is 1270. The van der Waals surface area contributed by atoms with Gasteiger partial charge in [-0.25, -0.2) is 12.8 Å². The Balaban J connectivity index is 1.33. The van der Waals surface area contributed by atoms with Crippen LogP contribution in [0.2, 0.25) is 0 Å². The molecule has 0 radical (unpaired) electrons. The van der Waals surface area contributed by atoms with Gasteiger partial charge in [-0.3, -0.25) is 9.69 Å². The normalized spacial score (nSPS) is 30.4. The number of rotatable bonds is 6. The Morgan fingerprint density at radius 3 is 2.58 bits per heavy atom. The van der Waals surface area contributed by atoms with E-state index in [4.69, 9.17) is 11.6 Å². The molecule has 5 atom stereocenters. The summed E-state index contributed by atoms with van der Waals surface area (Å²) in [6, 6.07) is 9.79. The van der Waals surface area contributed by atoms with Crippen LogP contribution in [0.1, 0.15) is 31.2 Å². The zero-order valence-electron chi connectivity index (χ0n) is 22.4. The average molecular weight is 590 g/mol. The van der Waals surface area contributed by atoms with Crippen LogP contribution < -0.4 is 0 Å². The van der Waals surface area contributed by atoms with E-state index in [2.05, 4.69) is 4.90 Å². The third kappa shape index (κ3) is 6.70. The van der Waals surface area contributed by atoms with Gasteiger partial charge in [-0.2, -0.15) is 4.31 Å². The second-order valence-electron chi connectivity index (χ2n) is 11.2. The highest BCUT2D eigenvalue weighted by molar-refractivity contribution is 7.69. The predicted molar refractivity (Wildman–Crippen MR) is 155 cm³/mol. The molecule has 2 fully saturated rings. The van der Waals surface area contributed by atoms with E-state index in [0.717, 1.165) is 22.6 Å². The highest BCUT2D eigenvalue weighted by Gasteiger charge is 2.45. The second kappa shape index (κ2) is 13.0. The van der Waals surface area contributed by atoms with Crippen molar-refractivity contribution in [1.82, 2.24) is 14.1 Å². The van der Waals surface area contributed by atoms with Crippen LogP contribution in [0.25, 0.3) is 0 Å². The third-order valence-electron chi connectivity index (χ3n) is 8.63. The molecule has 4 aliphatic rings. The molecule has 7 nitrogen and oxygen atoms in total. The van der Waals surface area contributed by atoms with Crippen molar-refractivity contribution in [2.75, 3.05) is 32.7 Å². The van der Waals surface area contributed by atoms with Crippen molar-refractivity contribution in [3.63, 3.8) is 0 Å². The zero-order chi connectivity index (χ0) is 28.2. The van der Waals surface area contributed by atoms with E-state index in [1.54, 1.807) is 11.0 Å². The SMILES string of the molecule is O=C(C1CN(Cc2ccccc2)C[C@H]1C1C=CC(O)=CC1F)N1CCCC(C2=CC=C(Cl)CC2)N([SH](=O)=O)CC1. The molecule has 4 unspecified atom stereocenters. The van der Waals surface area contributed by atoms with Gasteiger partial charge in [0.05, 0.1) is 5.92 Å². The number of carbonyl (C=O) groups is 1. The number of aliphatic hydroxyl groups is 1. The van der Waals surface area contributed by atoms with Crippen molar-refractivity contribution in [3.05, 3.63) is 82.6 Å². The van der Waals surface area contributed by atoms with Gasteiger partial charge in [0.15, 0.2) is 0 Å². The lowest BCUT2D eigenvalue weighted by Gasteiger charge is -2.37. The molecule has 2 aliphatic heterocycles. The lowest BCUT2D eigenvalue weighted by molar-refractivity contribution is -0.137. The average Bonchev–Trinajstić information content (AvgIpc) is 3.32. The number of benzene rings is 1. The Kier molecular flexibility index (Phi) is 9.45. The molecule has 1 N–H and O–H groups in total. The topological polar surface area (TPSA) is 81.2 Å². The highest BCUT2D eigenvalue weighted by Crippen LogP contribution is 2.38. The number of alkyl halides is 1. The zero-order valence-corrected chi connectivity index (χ0v) is 24.1. The molecule has 1 aromatic carbocycles. The van der Waals surface area contributed by atoms with Gasteiger partial charge in [-0.1, -0.05) is 59.7 Å². The van der Waals surface area contributed by atoms with E-state index < -0.39 is 28.9 Å². The van der Waals surface area contributed by atoms with Gasteiger partial charge in [0.1, 0.15) is 11.9 Å². The molecule has 0 aromatic heterocycles. The fourth-order valence-electron chi connectivity index (χ4n) is 6.61. The summed E-state index contributed by atoms with van der Waals surface area (Å²) in [6.07, 6.45) is 9.57. The summed E-state index contributed by atoms with van der Waals surface area (Å²) in [5.74, 6) is -1.35. The molecule has 2 saturated heterocycles. The first-order chi connectivity index (χ1) is 19.3. The molecule has 216 valence electrons. The fraction of sp³-hybridized carbons (Fsp3) is 0.500. The van der Waals surface area contributed by atoms with Crippen molar-refractivity contribution in [1.29, 1.82) is 0 Å². The van der Waals surface area contributed by atoms with Gasteiger partial charge in [0.2, 0.25) is 16.8 Å². The number of thiol groups is 1. The van der Waals surface area contributed by atoms with Gasteiger partial charge in [0.25, 0.3) is 0 Å². The van der Waals surface area contributed by atoms with Crippen molar-refractivity contribution in [3.8, 4) is 0 Å². The molecule has 10 heteroatoms. The van der Waals surface area contributed by atoms with Crippen LogP contribution in [0, 0.1) is 17.8 Å². The monoisotopic (exact) mass is 589 g/mol. The smallest absolute Gasteiger partial charge is 0.227 e. The van der Waals surface area contributed by atoms with Crippen LogP contribution in [0.4, 0.5) is 4.39 Å². The Hall–Kier alpha value is -2.46. The Morgan fingerprint density at radius 1 is 1.07 bits per heavy atom. The van der Waals surface area contributed by atoms with Crippen LogP contribution in [0.3, 0.4) is 0 Å².